The number of rotatable bonds is 8. The Kier molecular flexibility index (Phi) is 8.87. The fourth-order valence-electron chi connectivity index (χ4n) is 8.60. The van der Waals surface area contributed by atoms with Crippen molar-refractivity contribution < 1.29 is 4.42 Å². The molecular formula is C58H39NO. The molecule has 0 spiro atoms. The molecule has 0 aliphatic heterocycles. The number of hydrogen-bond donors (Lipinski definition) is 0. The van der Waals surface area contributed by atoms with Crippen LogP contribution in [-0.2, 0) is 0 Å². The second kappa shape index (κ2) is 15.1. The van der Waals surface area contributed by atoms with Gasteiger partial charge in [0.1, 0.15) is 11.2 Å². The average Bonchev–Trinajstić information content (AvgIpc) is 3.70. The lowest BCUT2D eigenvalue weighted by Crippen LogP contribution is -2.10. The first-order valence-electron chi connectivity index (χ1n) is 20.5. The molecule has 282 valence electrons. The molecule has 11 aromatic rings. The van der Waals surface area contributed by atoms with E-state index in [-0.39, 0.29) is 0 Å². The summed E-state index contributed by atoms with van der Waals surface area (Å²) in [4.78, 5) is 2.36. The molecule has 0 aliphatic carbocycles. The van der Waals surface area contributed by atoms with Crippen LogP contribution in [0.25, 0.3) is 88.3 Å². The predicted molar refractivity (Wildman–Crippen MR) is 253 cm³/mol. The Morgan fingerprint density at radius 1 is 0.250 bits per heavy atom. The molecule has 0 fully saturated rings. The van der Waals surface area contributed by atoms with Gasteiger partial charge in [0, 0.05) is 27.8 Å². The van der Waals surface area contributed by atoms with E-state index in [2.05, 4.69) is 229 Å². The second-order valence-corrected chi connectivity index (χ2v) is 15.3. The van der Waals surface area contributed by atoms with Gasteiger partial charge in [-0.15, -0.1) is 0 Å². The Morgan fingerprint density at radius 2 is 0.767 bits per heavy atom. The molecule has 2 heteroatoms. The molecule has 0 atom stereocenters. The number of para-hydroxylation sites is 1. The maximum Gasteiger partial charge on any atom is 0.135 e. The minimum Gasteiger partial charge on any atom is -0.456 e. The molecule has 0 amide bonds. The lowest BCUT2D eigenvalue weighted by molar-refractivity contribution is 0.669. The van der Waals surface area contributed by atoms with Crippen LogP contribution in [0, 0.1) is 0 Å². The van der Waals surface area contributed by atoms with Crippen LogP contribution in [0.5, 0.6) is 0 Å². The molecule has 0 saturated heterocycles. The molecule has 1 heterocycles. The van der Waals surface area contributed by atoms with Gasteiger partial charge in [0.05, 0.1) is 0 Å². The Morgan fingerprint density at radius 3 is 1.50 bits per heavy atom. The van der Waals surface area contributed by atoms with Crippen molar-refractivity contribution in [3.63, 3.8) is 0 Å². The van der Waals surface area contributed by atoms with Crippen LogP contribution in [0.3, 0.4) is 0 Å². The lowest BCUT2D eigenvalue weighted by Gasteiger charge is -2.26. The van der Waals surface area contributed by atoms with Crippen molar-refractivity contribution in [3.05, 3.63) is 237 Å². The zero-order chi connectivity index (χ0) is 39.8. The van der Waals surface area contributed by atoms with Gasteiger partial charge in [0.25, 0.3) is 0 Å². The number of hydrogen-bond acceptors (Lipinski definition) is 2. The van der Waals surface area contributed by atoms with E-state index in [4.69, 9.17) is 4.42 Å². The molecule has 10 aromatic carbocycles. The van der Waals surface area contributed by atoms with Gasteiger partial charge < -0.3 is 9.32 Å². The highest BCUT2D eigenvalue weighted by Crippen LogP contribution is 2.41. The van der Waals surface area contributed by atoms with Gasteiger partial charge in [-0.1, -0.05) is 170 Å². The van der Waals surface area contributed by atoms with E-state index in [1.165, 1.54) is 49.7 Å². The molecule has 0 unspecified atom stereocenters. The first kappa shape index (κ1) is 35.2. The summed E-state index contributed by atoms with van der Waals surface area (Å²) >= 11 is 0. The highest BCUT2D eigenvalue weighted by Gasteiger charge is 2.16. The van der Waals surface area contributed by atoms with E-state index in [9.17, 15) is 0 Å². The monoisotopic (exact) mass is 765 g/mol. The van der Waals surface area contributed by atoms with E-state index in [0.29, 0.717) is 0 Å². The van der Waals surface area contributed by atoms with Gasteiger partial charge in [-0.05, 0) is 133 Å². The van der Waals surface area contributed by atoms with Gasteiger partial charge in [0.15, 0.2) is 0 Å². The summed E-state index contributed by atoms with van der Waals surface area (Å²) < 4.78 is 6.17. The summed E-state index contributed by atoms with van der Waals surface area (Å²) in [6.07, 6.45) is 0. The normalized spacial score (nSPS) is 11.3. The average molecular weight is 766 g/mol. The summed E-state index contributed by atoms with van der Waals surface area (Å²) in [5.41, 5.74) is 16.9. The maximum atomic E-state index is 6.17. The SMILES string of the molecule is c1ccc(-c2ccc(-c3ccc(N(c4ccc(-c5ccc6ccccc6c5)cc4)c4cccc(-c5ccc6oc7ccccc7c6c5)c4)cc3)cc2-c2ccccc2)cc1. The Bertz CT molecular complexity index is 3290. The topological polar surface area (TPSA) is 16.4 Å². The van der Waals surface area contributed by atoms with Crippen molar-refractivity contribution in [1.29, 1.82) is 0 Å². The predicted octanol–water partition coefficient (Wildman–Crippen LogP) is 16.5. The van der Waals surface area contributed by atoms with Gasteiger partial charge in [-0.2, -0.15) is 0 Å². The van der Waals surface area contributed by atoms with Crippen molar-refractivity contribution >= 4 is 49.8 Å². The number of nitrogens with zero attached hydrogens (tertiary/aromatic N) is 1. The molecule has 0 bridgehead atoms. The molecule has 11 rings (SSSR count). The third kappa shape index (κ3) is 6.61. The third-order valence-corrected chi connectivity index (χ3v) is 11.7. The minimum absolute atomic E-state index is 0.898. The highest BCUT2D eigenvalue weighted by molar-refractivity contribution is 6.06. The van der Waals surface area contributed by atoms with Crippen molar-refractivity contribution in [3.8, 4) is 55.6 Å². The Balaban J connectivity index is 0.994. The second-order valence-electron chi connectivity index (χ2n) is 15.3. The van der Waals surface area contributed by atoms with Gasteiger partial charge >= 0.3 is 0 Å². The summed E-state index contributed by atoms with van der Waals surface area (Å²) in [7, 11) is 0. The van der Waals surface area contributed by atoms with Gasteiger partial charge in [0.2, 0.25) is 0 Å². The quantitative estimate of drug-likeness (QED) is 0.153. The minimum atomic E-state index is 0.898. The van der Waals surface area contributed by atoms with Crippen LogP contribution < -0.4 is 4.90 Å². The van der Waals surface area contributed by atoms with Crippen LogP contribution in [0.15, 0.2) is 241 Å². The fraction of sp³-hybridized carbons (Fsp3) is 0. The largest absolute Gasteiger partial charge is 0.456 e. The van der Waals surface area contributed by atoms with Crippen LogP contribution in [-0.4, -0.2) is 0 Å². The first-order valence-corrected chi connectivity index (χ1v) is 20.5. The van der Waals surface area contributed by atoms with E-state index in [1.54, 1.807) is 0 Å². The molecule has 0 radical (unpaired) electrons. The van der Waals surface area contributed by atoms with Crippen LogP contribution in [0.1, 0.15) is 0 Å². The first-order chi connectivity index (χ1) is 29.7. The van der Waals surface area contributed by atoms with E-state index < -0.39 is 0 Å². The highest BCUT2D eigenvalue weighted by atomic mass is 16.3. The number of furan rings is 1. The fourth-order valence-corrected chi connectivity index (χ4v) is 8.60. The van der Waals surface area contributed by atoms with Crippen molar-refractivity contribution in [1.82, 2.24) is 0 Å². The van der Waals surface area contributed by atoms with Gasteiger partial charge in [-0.3, -0.25) is 0 Å². The summed E-state index contributed by atoms with van der Waals surface area (Å²) in [5.74, 6) is 0. The molecule has 2 nitrogen and oxygen atoms in total. The van der Waals surface area contributed by atoms with Crippen molar-refractivity contribution in [2.24, 2.45) is 0 Å². The van der Waals surface area contributed by atoms with Crippen LogP contribution in [0.2, 0.25) is 0 Å². The van der Waals surface area contributed by atoms with Crippen molar-refractivity contribution in [2.45, 2.75) is 0 Å². The number of anilines is 3. The number of fused-ring (bicyclic) bond motifs is 4. The lowest BCUT2D eigenvalue weighted by atomic mass is 9.91. The van der Waals surface area contributed by atoms with Crippen LogP contribution in [0.4, 0.5) is 17.1 Å². The smallest absolute Gasteiger partial charge is 0.135 e. The van der Waals surface area contributed by atoms with Crippen LogP contribution >= 0.6 is 0 Å². The van der Waals surface area contributed by atoms with E-state index in [1.807, 2.05) is 12.1 Å². The van der Waals surface area contributed by atoms with Gasteiger partial charge in [-0.25, -0.2) is 0 Å². The molecular weight excluding hydrogens is 727 g/mol. The van der Waals surface area contributed by atoms with Crippen molar-refractivity contribution in [2.75, 3.05) is 4.90 Å². The molecule has 0 N–H and O–H groups in total. The number of benzene rings is 10. The zero-order valence-electron chi connectivity index (χ0n) is 32.9. The molecule has 1 aromatic heterocycles. The molecule has 60 heavy (non-hydrogen) atoms. The Hall–Kier alpha value is -7.94. The standard InChI is InChI=1S/C58H39NO/c1-3-13-43(14-4-1)53-34-28-48(38-55(53)44-15-5-2-6-16-44)42-26-32-51(33-27-42)59(50-30-24-41(25-31-50)47-23-22-40-12-7-8-17-45(40)36-47)52-19-11-18-46(37-52)49-29-35-58-56(39-49)54-20-9-10-21-57(54)60-58/h1-39H. The maximum absolute atomic E-state index is 6.17. The molecule has 0 saturated carbocycles. The summed E-state index contributed by atoms with van der Waals surface area (Å²) in [5, 5.41) is 4.74. The van der Waals surface area contributed by atoms with E-state index >= 15 is 0 Å². The van der Waals surface area contributed by atoms with E-state index in [0.717, 1.165) is 55.7 Å². The third-order valence-electron chi connectivity index (χ3n) is 11.7. The molecule has 0 aliphatic rings. The summed E-state index contributed by atoms with van der Waals surface area (Å²) in [6.45, 7) is 0. The zero-order valence-corrected chi connectivity index (χ0v) is 32.9. The Labute approximate surface area is 349 Å². The summed E-state index contributed by atoms with van der Waals surface area (Å²) in [6, 6.07) is 85.0.